The maximum atomic E-state index is 12.5. The predicted molar refractivity (Wildman–Crippen MR) is 94.3 cm³/mol. The lowest BCUT2D eigenvalue weighted by Gasteiger charge is -2.23. The van der Waals surface area contributed by atoms with E-state index < -0.39 is 11.4 Å². The molecule has 3 atom stereocenters. The Bertz CT molecular complexity index is 686. The van der Waals surface area contributed by atoms with Crippen molar-refractivity contribution in [2.45, 2.75) is 31.8 Å². The van der Waals surface area contributed by atoms with Gasteiger partial charge in [0, 0.05) is 25.2 Å². The van der Waals surface area contributed by atoms with Gasteiger partial charge in [-0.2, -0.15) is 0 Å². The lowest BCUT2D eigenvalue weighted by molar-refractivity contribution is -0.149. The van der Waals surface area contributed by atoms with Gasteiger partial charge in [0.05, 0.1) is 18.6 Å². The van der Waals surface area contributed by atoms with Gasteiger partial charge in [0.25, 0.3) is 0 Å². The van der Waals surface area contributed by atoms with Crippen molar-refractivity contribution < 1.29 is 24.2 Å². The monoisotopic (exact) mass is 360 g/mol. The summed E-state index contributed by atoms with van der Waals surface area (Å²) < 4.78 is 11.1. The molecule has 7 heteroatoms. The number of aliphatic carboxylic acids is 1. The van der Waals surface area contributed by atoms with E-state index in [4.69, 9.17) is 9.47 Å². The van der Waals surface area contributed by atoms with Gasteiger partial charge in [0.15, 0.2) is 0 Å². The first kappa shape index (κ1) is 17.1. The molecule has 0 aromatic heterocycles. The number of carboxylic acid groups (broad SMARTS) is 1. The van der Waals surface area contributed by atoms with Crippen LogP contribution in [-0.4, -0.2) is 54.4 Å². The molecule has 4 rings (SSSR count). The van der Waals surface area contributed by atoms with Crippen LogP contribution in [0.2, 0.25) is 0 Å². The molecule has 1 saturated carbocycles. The van der Waals surface area contributed by atoms with Gasteiger partial charge in [-0.25, -0.2) is 4.79 Å². The summed E-state index contributed by atoms with van der Waals surface area (Å²) in [6, 6.07) is 7.01. The van der Waals surface area contributed by atoms with Crippen molar-refractivity contribution in [3.05, 3.63) is 24.3 Å². The molecule has 2 amide bonds. The van der Waals surface area contributed by atoms with Crippen molar-refractivity contribution in [2.75, 3.05) is 31.6 Å². The Morgan fingerprint density at radius 2 is 2.08 bits per heavy atom. The van der Waals surface area contributed by atoms with Crippen LogP contribution in [0.25, 0.3) is 0 Å². The van der Waals surface area contributed by atoms with Crippen LogP contribution < -0.4 is 10.1 Å². The summed E-state index contributed by atoms with van der Waals surface area (Å²) in [5.74, 6) is 0.0434. The number of benzene rings is 1. The minimum absolute atomic E-state index is 0.0650. The molecule has 7 nitrogen and oxygen atoms in total. The number of carbonyl (C=O) groups is 2. The zero-order valence-corrected chi connectivity index (χ0v) is 14.6. The first-order chi connectivity index (χ1) is 12.6. The van der Waals surface area contributed by atoms with Crippen LogP contribution in [0.5, 0.6) is 5.75 Å². The summed E-state index contributed by atoms with van der Waals surface area (Å²) in [5, 5.41) is 12.5. The summed E-state index contributed by atoms with van der Waals surface area (Å²) in [6.07, 6.45) is 3.45. The normalized spacial score (nSPS) is 30.2. The summed E-state index contributed by atoms with van der Waals surface area (Å²) in [6.45, 7) is 2.15. The molecule has 2 aliphatic heterocycles. The molecule has 140 valence electrons. The number of ether oxygens (including phenoxy) is 2. The number of urea groups is 1. The van der Waals surface area contributed by atoms with Gasteiger partial charge in [-0.1, -0.05) is 6.42 Å². The molecule has 26 heavy (non-hydrogen) atoms. The Labute approximate surface area is 152 Å². The van der Waals surface area contributed by atoms with Gasteiger partial charge < -0.3 is 24.8 Å². The number of carbonyl (C=O) groups excluding carboxylic acids is 1. The van der Waals surface area contributed by atoms with Crippen molar-refractivity contribution in [1.82, 2.24) is 4.90 Å². The van der Waals surface area contributed by atoms with E-state index in [0.717, 1.165) is 31.6 Å². The Morgan fingerprint density at radius 3 is 2.73 bits per heavy atom. The molecule has 1 aromatic carbocycles. The standard InChI is InChI=1S/C19H24N2O5/c22-17(23)19-8-1-2-13(19)10-21(12-19)18(24)20-14-3-5-15(6-4-14)26-16-7-9-25-11-16/h3-6,13,16H,1-2,7-12H2,(H,20,24)(H,22,23)/t13-,16?,19+/m0/s1. The molecule has 1 aliphatic carbocycles. The molecule has 1 aromatic rings. The predicted octanol–water partition coefficient (Wildman–Crippen LogP) is 2.57. The van der Waals surface area contributed by atoms with Crippen molar-refractivity contribution in [1.29, 1.82) is 0 Å². The van der Waals surface area contributed by atoms with Gasteiger partial charge >= 0.3 is 12.0 Å². The third-order valence-corrected chi connectivity index (χ3v) is 5.88. The zero-order chi connectivity index (χ0) is 18.1. The van der Waals surface area contributed by atoms with Crippen molar-refractivity contribution in [3.8, 4) is 5.75 Å². The average Bonchev–Trinajstić information content (AvgIpc) is 3.32. The number of nitrogens with zero attached hydrogens (tertiary/aromatic N) is 1. The van der Waals surface area contributed by atoms with Gasteiger partial charge in [-0.15, -0.1) is 0 Å². The van der Waals surface area contributed by atoms with Gasteiger partial charge in [0.2, 0.25) is 0 Å². The highest BCUT2D eigenvalue weighted by Crippen LogP contribution is 2.48. The number of rotatable bonds is 4. The van der Waals surface area contributed by atoms with E-state index >= 15 is 0 Å². The minimum atomic E-state index is -0.771. The third-order valence-electron chi connectivity index (χ3n) is 5.88. The number of amides is 2. The highest BCUT2D eigenvalue weighted by atomic mass is 16.5. The average molecular weight is 360 g/mol. The van der Waals surface area contributed by atoms with Crippen molar-refractivity contribution >= 4 is 17.7 Å². The Hall–Kier alpha value is -2.28. The maximum absolute atomic E-state index is 12.5. The van der Waals surface area contributed by atoms with E-state index in [1.165, 1.54) is 0 Å². The summed E-state index contributed by atoms with van der Waals surface area (Å²) in [5.41, 5.74) is -0.0790. The van der Waals surface area contributed by atoms with Crippen molar-refractivity contribution in [3.63, 3.8) is 0 Å². The zero-order valence-electron chi connectivity index (χ0n) is 14.6. The number of fused-ring (bicyclic) bond motifs is 1. The molecular formula is C19H24N2O5. The van der Waals surface area contributed by atoms with E-state index in [-0.39, 0.29) is 18.1 Å². The topological polar surface area (TPSA) is 88.1 Å². The number of anilines is 1. The quantitative estimate of drug-likeness (QED) is 0.862. The number of carboxylic acids is 1. The molecule has 0 bridgehead atoms. The number of nitrogens with one attached hydrogen (secondary N) is 1. The Kier molecular flexibility index (Phi) is 4.48. The van der Waals surface area contributed by atoms with Crippen molar-refractivity contribution in [2.24, 2.45) is 11.3 Å². The van der Waals surface area contributed by atoms with Crippen LogP contribution in [0.15, 0.2) is 24.3 Å². The Balaban J connectivity index is 1.35. The number of likely N-dealkylation sites (tertiary alicyclic amines) is 1. The van der Waals surface area contributed by atoms with E-state index in [0.29, 0.717) is 31.8 Å². The molecule has 0 spiro atoms. The molecule has 2 N–H and O–H groups in total. The van der Waals surface area contributed by atoms with Crippen LogP contribution >= 0.6 is 0 Å². The fourth-order valence-corrected chi connectivity index (χ4v) is 4.41. The van der Waals surface area contributed by atoms with Gasteiger partial charge in [-0.05, 0) is 43.0 Å². The molecule has 3 aliphatic rings. The SMILES string of the molecule is O=C(Nc1ccc(OC2CCOC2)cc1)N1C[C@@H]2CCC[C@@]2(C(=O)O)C1. The van der Waals surface area contributed by atoms with Crippen LogP contribution in [0.1, 0.15) is 25.7 Å². The Morgan fingerprint density at radius 1 is 1.27 bits per heavy atom. The van der Waals surface area contributed by atoms with Crippen LogP contribution in [0, 0.1) is 11.3 Å². The molecule has 2 saturated heterocycles. The fourth-order valence-electron chi connectivity index (χ4n) is 4.41. The number of hydrogen-bond donors (Lipinski definition) is 2. The second-order valence-electron chi connectivity index (χ2n) is 7.49. The first-order valence-electron chi connectivity index (χ1n) is 9.21. The lowest BCUT2D eigenvalue weighted by Crippen LogP contribution is -2.38. The lowest BCUT2D eigenvalue weighted by atomic mass is 9.81. The second kappa shape index (κ2) is 6.79. The van der Waals surface area contributed by atoms with Crippen LogP contribution in [0.3, 0.4) is 0 Å². The highest BCUT2D eigenvalue weighted by molar-refractivity contribution is 5.90. The molecule has 1 unspecified atom stereocenters. The summed E-state index contributed by atoms with van der Waals surface area (Å²) >= 11 is 0. The number of hydrogen-bond acceptors (Lipinski definition) is 4. The smallest absolute Gasteiger partial charge is 0.321 e. The van der Waals surface area contributed by atoms with E-state index in [9.17, 15) is 14.7 Å². The molecule has 3 fully saturated rings. The molecule has 0 radical (unpaired) electrons. The van der Waals surface area contributed by atoms with Gasteiger partial charge in [0.1, 0.15) is 11.9 Å². The van der Waals surface area contributed by atoms with E-state index in [1.54, 1.807) is 17.0 Å². The maximum Gasteiger partial charge on any atom is 0.321 e. The summed E-state index contributed by atoms with van der Waals surface area (Å²) in [4.78, 5) is 25.9. The first-order valence-corrected chi connectivity index (χ1v) is 9.21. The highest BCUT2D eigenvalue weighted by Gasteiger charge is 2.55. The van der Waals surface area contributed by atoms with Crippen LogP contribution in [-0.2, 0) is 9.53 Å². The van der Waals surface area contributed by atoms with Crippen LogP contribution in [0.4, 0.5) is 10.5 Å². The largest absolute Gasteiger partial charge is 0.488 e. The minimum Gasteiger partial charge on any atom is -0.488 e. The summed E-state index contributed by atoms with van der Waals surface area (Å²) in [7, 11) is 0. The third kappa shape index (κ3) is 3.11. The fraction of sp³-hybridized carbons (Fsp3) is 0.579. The molecular weight excluding hydrogens is 336 g/mol. The van der Waals surface area contributed by atoms with Gasteiger partial charge in [-0.3, -0.25) is 4.79 Å². The second-order valence-corrected chi connectivity index (χ2v) is 7.49. The van der Waals surface area contributed by atoms with E-state index in [2.05, 4.69) is 5.32 Å². The molecule has 2 heterocycles. The van der Waals surface area contributed by atoms with E-state index in [1.807, 2.05) is 12.1 Å².